The van der Waals surface area contributed by atoms with E-state index in [0.29, 0.717) is 16.8 Å². The molecule has 0 radical (unpaired) electrons. The zero-order valence-corrected chi connectivity index (χ0v) is 19.4. The molecule has 1 N–H and O–H groups in total. The number of anilines is 1. The second-order valence-electron chi connectivity index (χ2n) is 7.61. The number of pyridine rings is 1. The van der Waals surface area contributed by atoms with Crippen molar-refractivity contribution in [1.29, 1.82) is 0 Å². The van der Waals surface area contributed by atoms with Crippen LogP contribution in [-0.2, 0) is 16.6 Å². The number of Topliss-reactive ketones (excluding diaryl/α,β-unsaturated/α-hetero) is 1. The van der Waals surface area contributed by atoms with Gasteiger partial charge in [0.2, 0.25) is 5.82 Å². The van der Waals surface area contributed by atoms with Crippen molar-refractivity contribution in [3.8, 4) is 17.1 Å². The van der Waals surface area contributed by atoms with E-state index in [-0.39, 0.29) is 29.0 Å². The van der Waals surface area contributed by atoms with Gasteiger partial charge in [-0.1, -0.05) is 42.0 Å². The summed E-state index contributed by atoms with van der Waals surface area (Å²) in [5.41, 5.74) is 3.33. The number of hydrogen-bond donors (Lipinski definition) is 1. The molecule has 9 heteroatoms. The standard InChI is InChI=1S/C25H22N4O4S/c1-17-8-10-22(11-9-17)34(31,32)29-24-25(33-16-19-5-4-12-26-14-19)28-23(15-27-24)21-7-3-6-20(13-21)18(2)30/h3-15H,16H2,1-2H3,(H,27,29). The smallest absolute Gasteiger partial charge is 0.263 e. The molecule has 0 amide bonds. The molecule has 0 aliphatic rings. The van der Waals surface area contributed by atoms with Gasteiger partial charge in [0.05, 0.1) is 16.8 Å². The number of carbonyl (C=O) groups is 1. The summed E-state index contributed by atoms with van der Waals surface area (Å²) < 4.78 is 34.2. The molecule has 8 nitrogen and oxygen atoms in total. The van der Waals surface area contributed by atoms with Crippen molar-refractivity contribution >= 4 is 21.6 Å². The minimum absolute atomic E-state index is 0.00488. The number of hydrogen-bond acceptors (Lipinski definition) is 7. The monoisotopic (exact) mass is 474 g/mol. The lowest BCUT2D eigenvalue weighted by Gasteiger charge is -2.14. The highest BCUT2D eigenvalue weighted by Gasteiger charge is 2.20. The summed E-state index contributed by atoms with van der Waals surface area (Å²) in [6.45, 7) is 3.47. The lowest BCUT2D eigenvalue weighted by molar-refractivity contribution is 0.101. The Kier molecular flexibility index (Phi) is 6.65. The zero-order valence-electron chi connectivity index (χ0n) is 18.6. The van der Waals surface area contributed by atoms with Gasteiger partial charge in [-0.3, -0.25) is 14.5 Å². The third kappa shape index (κ3) is 5.44. The van der Waals surface area contributed by atoms with E-state index in [4.69, 9.17) is 4.74 Å². The Morgan fingerprint density at radius 3 is 2.53 bits per heavy atom. The summed E-state index contributed by atoms with van der Waals surface area (Å²) in [5, 5.41) is 0. The lowest BCUT2D eigenvalue weighted by Crippen LogP contribution is -2.16. The fourth-order valence-corrected chi connectivity index (χ4v) is 4.12. The third-order valence-electron chi connectivity index (χ3n) is 4.97. The Labute approximate surface area is 197 Å². The maximum Gasteiger partial charge on any atom is 0.263 e. The van der Waals surface area contributed by atoms with Crippen molar-refractivity contribution in [2.75, 3.05) is 4.72 Å². The van der Waals surface area contributed by atoms with Crippen molar-refractivity contribution in [1.82, 2.24) is 15.0 Å². The summed E-state index contributed by atoms with van der Waals surface area (Å²) in [5.74, 6) is -0.119. The molecule has 0 aliphatic heterocycles. The molecule has 0 bridgehead atoms. The van der Waals surface area contributed by atoms with E-state index in [1.807, 2.05) is 13.0 Å². The van der Waals surface area contributed by atoms with E-state index in [1.54, 1.807) is 54.9 Å². The summed E-state index contributed by atoms with van der Waals surface area (Å²) in [7, 11) is -3.92. The summed E-state index contributed by atoms with van der Waals surface area (Å²) in [6, 6.07) is 17.0. The van der Waals surface area contributed by atoms with Crippen LogP contribution < -0.4 is 9.46 Å². The normalized spacial score (nSPS) is 11.1. The Morgan fingerprint density at radius 2 is 1.82 bits per heavy atom. The van der Waals surface area contributed by atoms with E-state index in [0.717, 1.165) is 11.1 Å². The van der Waals surface area contributed by atoms with Crippen LogP contribution in [0.5, 0.6) is 5.88 Å². The maximum absolute atomic E-state index is 12.9. The van der Waals surface area contributed by atoms with Gasteiger partial charge in [-0.05, 0) is 38.1 Å². The second-order valence-corrected chi connectivity index (χ2v) is 9.30. The highest BCUT2D eigenvalue weighted by molar-refractivity contribution is 7.92. The number of aromatic nitrogens is 3. The maximum atomic E-state index is 12.9. The topological polar surface area (TPSA) is 111 Å². The molecule has 0 atom stereocenters. The van der Waals surface area contributed by atoms with Crippen molar-refractivity contribution < 1.29 is 17.9 Å². The molecule has 0 spiro atoms. The lowest BCUT2D eigenvalue weighted by atomic mass is 10.1. The first-order chi connectivity index (χ1) is 16.3. The van der Waals surface area contributed by atoms with Crippen molar-refractivity contribution in [3.05, 3.63) is 95.9 Å². The molecule has 172 valence electrons. The van der Waals surface area contributed by atoms with E-state index in [1.165, 1.54) is 25.3 Å². The molecule has 0 saturated heterocycles. The molecule has 0 saturated carbocycles. The molecule has 0 unspecified atom stereocenters. The number of carbonyl (C=O) groups excluding carboxylic acids is 1. The largest absolute Gasteiger partial charge is 0.470 e. The Hall–Kier alpha value is -4.11. The Morgan fingerprint density at radius 1 is 1.03 bits per heavy atom. The quantitative estimate of drug-likeness (QED) is 0.376. The summed E-state index contributed by atoms with van der Waals surface area (Å²) in [4.78, 5) is 24.7. The molecule has 0 aliphatic carbocycles. The van der Waals surface area contributed by atoms with Crippen molar-refractivity contribution in [2.24, 2.45) is 0 Å². The molecule has 4 aromatic rings. The van der Waals surface area contributed by atoms with Gasteiger partial charge in [0.25, 0.3) is 15.9 Å². The molecule has 2 heterocycles. The average molecular weight is 475 g/mol. The van der Waals surface area contributed by atoms with Gasteiger partial charge in [-0.2, -0.15) is 0 Å². The van der Waals surface area contributed by atoms with Crippen LogP contribution in [0.25, 0.3) is 11.3 Å². The van der Waals surface area contributed by atoms with E-state index in [9.17, 15) is 13.2 Å². The fraction of sp³-hybridized carbons (Fsp3) is 0.120. The first kappa shape index (κ1) is 23.1. The highest BCUT2D eigenvalue weighted by Crippen LogP contribution is 2.28. The van der Waals surface area contributed by atoms with E-state index in [2.05, 4.69) is 19.7 Å². The number of rotatable bonds is 8. The third-order valence-corrected chi connectivity index (χ3v) is 6.32. The molecule has 4 rings (SSSR count). The van der Waals surface area contributed by atoms with Crippen LogP contribution >= 0.6 is 0 Å². The Bertz CT molecular complexity index is 1420. The number of nitrogens with zero attached hydrogens (tertiary/aromatic N) is 3. The SMILES string of the molecule is CC(=O)c1cccc(-c2cnc(NS(=O)(=O)c3ccc(C)cc3)c(OCc3cccnc3)n2)c1. The first-order valence-corrected chi connectivity index (χ1v) is 11.9. The number of sulfonamides is 1. The molecule has 2 aromatic carbocycles. The molecule has 2 aromatic heterocycles. The van der Waals surface area contributed by atoms with Gasteiger partial charge < -0.3 is 4.74 Å². The molecular weight excluding hydrogens is 452 g/mol. The van der Waals surface area contributed by atoms with Crippen molar-refractivity contribution in [3.63, 3.8) is 0 Å². The van der Waals surface area contributed by atoms with Gasteiger partial charge in [-0.15, -0.1) is 0 Å². The van der Waals surface area contributed by atoms with Crippen molar-refractivity contribution in [2.45, 2.75) is 25.3 Å². The van der Waals surface area contributed by atoms with Crippen LogP contribution in [0.15, 0.2) is 84.1 Å². The predicted molar refractivity (Wildman–Crippen MR) is 128 cm³/mol. The fourth-order valence-electron chi connectivity index (χ4n) is 3.12. The zero-order chi connectivity index (χ0) is 24.1. The van der Waals surface area contributed by atoms with Crippen LogP contribution in [0.3, 0.4) is 0 Å². The molecular formula is C25H22N4O4S. The molecule has 0 fully saturated rings. The predicted octanol–water partition coefficient (Wildman–Crippen LogP) is 4.43. The highest BCUT2D eigenvalue weighted by atomic mass is 32.2. The minimum Gasteiger partial charge on any atom is -0.470 e. The van der Waals surface area contributed by atoms with Gasteiger partial charge in [0.15, 0.2) is 5.78 Å². The van der Waals surface area contributed by atoms with Crippen LogP contribution in [-0.4, -0.2) is 29.2 Å². The van der Waals surface area contributed by atoms with E-state index < -0.39 is 10.0 Å². The molecule has 34 heavy (non-hydrogen) atoms. The van der Waals surface area contributed by atoms with Gasteiger partial charge in [-0.25, -0.2) is 18.4 Å². The number of aryl methyl sites for hydroxylation is 1. The number of benzene rings is 2. The number of nitrogens with one attached hydrogen (secondary N) is 1. The van der Waals surface area contributed by atoms with E-state index >= 15 is 0 Å². The summed E-state index contributed by atoms with van der Waals surface area (Å²) in [6.07, 6.45) is 4.72. The minimum atomic E-state index is -3.92. The number of ketones is 1. The first-order valence-electron chi connectivity index (χ1n) is 10.4. The van der Waals surface area contributed by atoms with Crippen LogP contribution in [0, 0.1) is 6.92 Å². The van der Waals surface area contributed by atoms with Gasteiger partial charge in [0.1, 0.15) is 6.61 Å². The Balaban J connectivity index is 1.70. The average Bonchev–Trinajstić information content (AvgIpc) is 2.84. The van der Waals surface area contributed by atoms with Crippen LogP contribution in [0.2, 0.25) is 0 Å². The van der Waals surface area contributed by atoms with Gasteiger partial charge in [0, 0.05) is 29.1 Å². The van der Waals surface area contributed by atoms with Crippen LogP contribution in [0.4, 0.5) is 5.82 Å². The number of ether oxygens (including phenoxy) is 1. The summed E-state index contributed by atoms with van der Waals surface area (Å²) >= 11 is 0. The second kappa shape index (κ2) is 9.80. The van der Waals surface area contributed by atoms with Gasteiger partial charge >= 0.3 is 0 Å². The van der Waals surface area contributed by atoms with Crippen LogP contribution in [0.1, 0.15) is 28.4 Å².